The van der Waals surface area contributed by atoms with Crippen molar-refractivity contribution >= 4 is 53.2 Å². The summed E-state index contributed by atoms with van der Waals surface area (Å²) in [6.07, 6.45) is -8.58. The first-order chi connectivity index (χ1) is 19.9. The molecule has 6 aromatic carbocycles. The van der Waals surface area contributed by atoms with Gasteiger partial charge in [0, 0.05) is 0 Å². The molecule has 6 rings (SSSR count). The molecule has 244 valence electrons. The van der Waals surface area contributed by atoms with Gasteiger partial charge in [-0.05, 0) is 35.4 Å². The van der Waals surface area contributed by atoms with Gasteiger partial charge in [-0.1, -0.05) is 61.4 Å². The summed E-state index contributed by atoms with van der Waals surface area (Å²) < 4.78 is 75.5. The fourth-order valence-electron chi connectivity index (χ4n) is 4.95. The molecule has 0 fully saturated rings. The Bertz CT molecular complexity index is 1670. The van der Waals surface area contributed by atoms with Gasteiger partial charge < -0.3 is 14.9 Å². The van der Waals surface area contributed by atoms with Gasteiger partial charge in [0.1, 0.15) is 0 Å². The number of halogens is 8. The first kappa shape index (κ1) is 43.4. The van der Waals surface area contributed by atoms with Crippen molar-refractivity contribution in [1.82, 2.24) is 0 Å². The summed E-state index contributed by atoms with van der Waals surface area (Å²) in [6, 6.07) is 30.6. The Morgan fingerprint density at radius 3 is 1.11 bits per heavy atom. The molecule has 0 saturated carbocycles. The number of benzene rings is 4. The summed E-state index contributed by atoms with van der Waals surface area (Å²) in [6.45, 7) is 7.08. The van der Waals surface area contributed by atoms with Crippen LogP contribution in [-0.2, 0) is 35.7 Å². The molecule has 0 N–H and O–H groups in total. The molecule has 6 aromatic rings. The SMILES string of the molecule is Cc1cc2c(-c3ccc(C(F)(F)F)cc3)cccc2[cH-]1.Cc1cc2c(-c3ccc(C(F)(F)F)cc3)cccc2[cH-]1.Cl.Cl.[CH3-].[CH3-].[Si]=[Zr]. The van der Waals surface area contributed by atoms with Crippen LogP contribution in [0.1, 0.15) is 22.3 Å². The van der Waals surface area contributed by atoms with Crippen molar-refractivity contribution in [2.75, 3.05) is 0 Å². The van der Waals surface area contributed by atoms with Gasteiger partial charge in [0.2, 0.25) is 0 Å². The number of aryl methyl sites for hydroxylation is 2. The molecule has 0 saturated heterocycles. The summed E-state index contributed by atoms with van der Waals surface area (Å²) in [4.78, 5) is 0. The van der Waals surface area contributed by atoms with E-state index in [9.17, 15) is 26.3 Å². The topological polar surface area (TPSA) is 0 Å². The number of fused-ring (bicyclic) bond motifs is 2. The zero-order chi connectivity index (χ0) is 30.7. The van der Waals surface area contributed by atoms with Crippen molar-refractivity contribution in [3.05, 3.63) is 146 Å². The molecular formula is C36H32Cl2F6SiZr-4. The van der Waals surface area contributed by atoms with E-state index >= 15 is 0 Å². The minimum atomic E-state index is -4.29. The average molecular weight is 769 g/mol. The zero-order valence-electron chi connectivity index (χ0n) is 25.5. The van der Waals surface area contributed by atoms with E-state index < -0.39 is 23.5 Å². The summed E-state index contributed by atoms with van der Waals surface area (Å²) in [5.41, 5.74) is 4.59. The maximum absolute atomic E-state index is 12.6. The van der Waals surface area contributed by atoms with Gasteiger partial charge in [-0.15, -0.1) is 93.9 Å². The van der Waals surface area contributed by atoms with E-state index in [-0.39, 0.29) is 39.7 Å². The van der Waals surface area contributed by atoms with Gasteiger partial charge in [-0.3, -0.25) is 0 Å². The summed E-state index contributed by atoms with van der Waals surface area (Å²) in [7, 11) is 0. The molecule has 0 aliphatic heterocycles. The second-order valence-electron chi connectivity index (χ2n) is 9.83. The van der Waals surface area contributed by atoms with Crippen LogP contribution in [0.4, 0.5) is 26.3 Å². The van der Waals surface area contributed by atoms with Crippen molar-refractivity contribution in [2.24, 2.45) is 0 Å². The van der Waals surface area contributed by atoms with Crippen molar-refractivity contribution in [2.45, 2.75) is 26.2 Å². The van der Waals surface area contributed by atoms with Crippen LogP contribution < -0.4 is 0 Å². The second-order valence-corrected chi connectivity index (χ2v) is 9.83. The molecule has 0 unspecified atom stereocenters. The van der Waals surface area contributed by atoms with Crippen LogP contribution in [-0.4, -0.2) is 6.88 Å². The molecule has 0 aromatic heterocycles. The fraction of sp³-hybridized carbons (Fsp3) is 0.111. The number of hydrogen-bond acceptors (Lipinski definition) is 0. The van der Waals surface area contributed by atoms with Crippen LogP contribution in [0.25, 0.3) is 43.8 Å². The van der Waals surface area contributed by atoms with E-state index in [1.165, 1.54) is 47.6 Å². The third-order valence-electron chi connectivity index (χ3n) is 6.84. The van der Waals surface area contributed by atoms with Gasteiger partial charge >= 0.3 is 42.6 Å². The Kier molecular flexibility index (Phi) is 17.0. The van der Waals surface area contributed by atoms with Crippen LogP contribution in [0.2, 0.25) is 0 Å². The van der Waals surface area contributed by atoms with Gasteiger partial charge in [0.25, 0.3) is 0 Å². The van der Waals surface area contributed by atoms with Crippen LogP contribution in [0.5, 0.6) is 0 Å². The molecule has 0 nitrogen and oxygen atoms in total. The average Bonchev–Trinajstić information content (AvgIpc) is 3.54. The third-order valence-corrected chi connectivity index (χ3v) is 6.84. The van der Waals surface area contributed by atoms with E-state index in [1.54, 1.807) is 0 Å². The van der Waals surface area contributed by atoms with Crippen molar-refractivity contribution < 1.29 is 49.7 Å². The number of hydrogen-bond donors (Lipinski definition) is 0. The molecule has 0 amide bonds. The fourth-order valence-corrected chi connectivity index (χ4v) is 4.95. The third kappa shape index (κ3) is 10.2. The summed E-state index contributed by atoms with van der Waals surface area (Å²) >= 11 is 1.36. The van der Waals surface area contributed by atoms with E-state index in [4.69, 9.17) is 0 Å². The Balaban J connectivity index is 0.000000772. The van der Waals surface area contributed by atoms with Crippen LogP contribution in [0, 0.1) is 28.7 Å². The molecule has 0 atom stereocenters. The molecule has 0 aliphatic carbocycles. The number of rotatable bonds is 2. The Hall–Kier alpha value is -2.64. The number of alkyl halides is 6. The quantitative estimate of drug-likeness (QED) is 0.0935. The maximum atomic E-state index is 12.6. The Morgan fingerprint density at radius 2 is 0.826 bits per heavy atom. The molecule has 10 heteroatoms. The zero-order valence-corrected chi connectivity index (χ0v) is 30.6. The summed E-state index contributed by atoms with van der Waals surface area (Å²) in [5.74, 6) is 0. The summed E-state index contributed by atoms with van der Waals surface area (Å²) in [5, 5.41) is 4.37. The molecular weight excluding hydrogens is 737 g/mol. The van der Waals surface area contributed by atoms with E-state index in [0.29, 0.717) is 0 Å². The van der Waals surface area contributed by atoms with E-state index in [2.05, 4.69) is 31.1 Å². The molecule has 0 spiro atoms. The van der Waals surface area contributed by atoms with Crippen molar-refractivity contribution in [1.29, 1.82) is 0 Å². The molecule has 2 radical (unpaired) electrons. The first-order valence-electron chi connectivity index (χ1n) is 12.8. The molecule has 46 heavy (non-hydrogen) atoms. The van der Waals surface area contributed by atoms with Gasteiger partial charge in [0.15, 0.2) is 0 Å². The van der Waals surface area contributed by atoms with Gasteiger partial charge in [-0.25, -0.2) is 0 Å². The Labute approximate surface area is 296 Å². The van der Waals surface area contributed by atoms with E-state index in [1.807, 2.05) is 50.2 Å². The standard InChI is InChI=1S/2C17H12F3.2CH3.2ClH.Si.Zr/c2*1-11-9-13-3-2-4-15(16(13)10-11)12-5-7-14(8-6-12)17(18,19)20;;;;;;/h2*2-10H,1H3;2*1H3;2*1H;;/q4*-1;;;;. The predicted octanol–water partition coefficient (Wildman–Crippen LogP) is 12.5. The van der Waals surface area contributed by atoms with Crippen LogP contribution >= 0.6 is 24.8 Å². The molecule has 0 aliphatic rings. The van der Waals surface area contributed by atoms with Crippen LogP contribution in [0.15, 0.2) is 109 Å². The van der Waals surface area contributed by atoms with Crippen molar-refractivity contribution in [3.8, 4) is 22.3 Å². The van der Waals surface area contributed by atoms with Crippen molar-refractivity contribution in [3.63, 3.8) is 0 Å². The first-order valence-corrected chi connectivity index (χ1v) is 17.0. The molecule has 0 heterocycles. The van der Waals surface area contributed by atoms with Gasteiger partial charge in [0.05, 0.1) is 11.1 Å². The monoisotopic (exact) mass is 766 g/mol. The molecule has 0 bridgehead atoms. The predicted molar refractivity (Wildman–Crippen MR) is 183 cm³/mol. The van der Waals surface area contributed by atoms with Crippen LogP contribution in [0.3, 0.4) is 0 Å². The second kappa shape index (κ2) is 18.1. The normalized spacial score (nSPS) is 10.5. The van der Waals surface area contributed by atoms with Gasteiger partial charge in [-0.2, -0.15) is 38.5 Å². The van der Waals surface area contributed by atoms with E-state index in [0.717, 1.165) is 79.2 Å². The minimum absolute atomic E-state index is 0. The Morgan fingerprint density at radius 1 is 0.522 bits per heavy atom.